The highest BCUT2D eigenvalue weighted by atomic mass is 79.9. The van der Waals surface area contributed by atoms with Crippen LogP contribution in [-0.4, -0.2) is 74.2 Å². The number of halogens is 1. The highest BCUT2D eigenvalue weighted by Gasteiger charge is 2.75. The summed E-state index contributed by atoms with van der Waals surface area (Å²) in [4.78, 5) is 58.5. The Hall–Kier alpha value is -4.14. The standard InChI is InChI=1S/C29H29BrN8O5/c1-14-5-6-21(30)34-26(14)35-27(42)20-8-28(4)13-29(28,43)38(20)23(41)11-37-25-15(2)33-19(7-18(25)24(36-37)16(3)40)17-9-31-22(12-39)32-10-17/h5-7,9-10,20,39,43H,8,11-13H2,1-4H3,(H,34,35,42)/t20-,28-,29-/m0/s1. The van der Waals surface area contributed by atoms with Crippen molar-refractivity contribution in [1.82, 2.24) is 34.6 Å². The summed E-state index contributed by atoms with van der Waals surface area (Å²) in [6, 6.07) is 4.33. The topological polar surface area (TPSA) is 176 Å². The van der Waals surface area contributed by atoms with E-state index < -0.39 is 29.0 Å². The maximum Gasteiger partial charge on any atom is 0.248 e. The molecule has 0 radical (unpaired) electrons. The van der Waals surface area contributed by atoms with Gasteiger partial charge in [0.05, 0.1) is 16.9 Å². The average molecular weight is 650 g/mol. The average Bonchev–Trinajstić information content (AvgIpc) is 3.21. The molecule has 1 saturated carbocycles. The predicted molar refractivity (Wildman–Crippen MR) is 157 cm³/mol. The zero-order valence-electron chi connectivity index (χ0n) is 23.9. The molecule has 4 aromatic rings. The van der Waals surface area contributed by atoms with E-state index in [1.165, 1.54) is 28.9 Å². The second kappa shape index (κ2) is 10.2. The Morgan fingerprint density at radius 3 is 2.56 bits per heavy atom. The first kappa shape index (κ1) is 29.0. The Morgan fingerprint density at radius 2 is 1.88 bits per heavy atom. The molecular weight excluding hydrogens is 620 g/mol. The molecule has 0 spiro atoms. The van der Waals surface area contributed by atoms with Crippen LogP contribution in [0.4, 0.5) is 5.82 Å². The van der Waals surface area contributed by atoms with Gasteiger partial charge in [-0.05, 0) is 53.9 Å². The number of piperidine rings is 1. The first-order valence-electron chi connectivity index (χ1n) is 13.6. The summed E-state index contributed by atoms with van der Waals surface area (Å²) in [5, 5.41) is 28.5. The molecule has 0 bridgehead atoms. The number of fused-ring (bicyclic) bond motifs is 2. The van der Waals surface area contributed by atoms with Gasteiger partial charge in [0.1, 0.15) is 41.0 Å². The van der Waals surface area contributed by atoms with Gasteiger partial charge in [0.2, 0.25) is 11.8 Å². The SMILES string of the molecule is CC(=O)c1nn(CC(=O)N2[C@H](C(=O)Nc3nc(Br)ccc3C)C[C@@]3(C)C[C@@]23O)c2c(C)nc(-c3cnc(CO)nc3)cc12. The molecule has 0 unspecified atom stereocenters. The van der Waals surface area contributed by atoms with Crippen LogP contribution in [0, 0.1) is 19.3 Å². The normalized spacial score (nSPS) is 22.5. The summed E-state index contributed by atoms with van der Waals surface area (Å²) in [6.45, 7) is 6.18. The monoisotopic (exact) mass is 648 g/mol. The number of pyridine rings is 2. The number of nitrogens with one attached hydrogen (secondary N) is 1. The van der Waals surface area contributed by atoms with Crippen LogP contribution in [0.15, 0.2) is 35.2 Å². The Labute approximate surface area is 254 Å². The lowest BCUT2D eigenvalue weighted by Crippen LogP contribution is -2.51. The second-order valence-electron chi connectivity index (χ2n) is 11.4. The molecule has 1 aliphatic heterocycles. The third-order valence-electron chi connectivity index (χ3n) is 8.37. The number of ketones is 1. The number of amides is 2. The Morgan fingerprint density at radius 1 is 1.16 bits per heavy atom. The number of hydrogen-bond donors (Lipinski definition) is 3. The summed E-state index contributed by atoms with van der Waals surface area (Å²) in [5.41, 5.74) is 0.879. The molecular formula is C29H29BrN8O5. The van der Waals surface area contributed by atoms with Gasteiger partial charge in [-0.15, -0.1) is 0 Å². The van der Waals surface area contributed by atoms with Gasteiger partial charge in [-0.1, -0.05) is 13.0 Å². The fraction of sp³-hybridized carbons (Fsp3) is 0.379. The number of aromatic nitrogens is 6. The number of hydrogen-bond acceptors (Lipinski definition) is 10. The summed E-state index contributed by atoms with van der Waals surface area (Å²) in [5.74, 6) is -0.636. The lowest BCUT2D eigenvalue weighted by molar-refractivity contribution is -0.151. The minimum Gasteiger partial charge on any atom is -0.388 e. The second-order valence-corrected chi connectivity index (χ2v) is 12.2. The fourth-order valence-corrected chi connectivity index (χ4v) is 6.31. The van der Waals surface area contributed by atoms with E-state index in [0.717, 1.165) is 5.56 Å². The van der Waals surface area contributed by atoms with E-state index in [0.29, 0.717) is 44.7 Å². The number of carbonyl (C=O) groups excluding carboxylic acids is 3. The molecule has 1 saturated heterocycles. The van der Waals surface area contributed by atoms with Crippen LogP contribution in [0.3, 0.4) is 0 Å². The number of aliphatic hydroxyl groups excluding tert-OH is 1. The number of anilines is 1. The van der Waals surface area contributed by atoms with Crippen LogP contribution < -0.4 is 5.32 Å². The van der Waals surface area contributed by atoms with E-state index in [9.17, 15) is 24.6 Å². The lowest BCUT2D eigenvalue weighted by Gasteiger charge is -2.30. The zero-order valence-corrected chi connectivity index (χ0v) is 25.5. The van der Waals surface area contributed by atoms with E-state index in [4.69, 9.17) is 0 Å². The maximum atomic E-state index is 13.9. The van der Waals surface area contributed by atoms with Crippen molar-refractivity contribution in [3.63, 3.8) is 0 Å². The van der Waals surface area contributed by atoms with Crippen LogP contribution in [0.5, 0.6) is 0 Å². The van der Waals surface area contributed by atoms with Crippen molar-refractivity contribution in [3.05, 3.63) is 58.0 Å². The van der Waals surface area contributed by atoms with Crippen LogP contribution >= 0.6 is 15.9 Å². The largest absolute Gasteiger partial charge is 0.388 e. The molecule has 2 fully saturated rings. The number of aliphatic hydroxyl groups is 2. The molecule has 14 heteroatoms. The number of nitrogens with zero attached hydrogens (tertiary/aromatic N) is 7. The summed E-state index contributed by atoms with van der Waals surface area (Å²) in [7, 11) is 0. The number of carbonyl (C=O) groups is 3. The van der Waals surface area contributed by atoms with Gasteiger partial charge < -0.3 is 20.4 Å². The summed E-state index contributed by atoms with van der Waals surface area (Å²) in [6.07, 6.45) is 3.70. The number of rotatable bonds is 7. The molecule has 43 heavy (non-hydrogen) atoms. The quantitative estimate of drug-likeness (QED) is 0.199. The van der Waals surface area contributed by atoms with E-state index >= 15 is 0 Å². The van der Waals surface area contributed by atoms with Gasteiger partial charge in [0, 0.05) is 42.1 Å². The Bertz CT molecular complexity index is 1830. The van der Waals surface area contributed by atoms with Crippen LogP contribution in [-0.2, 0) is 22.7 Å². The van der Waals surface area contributed by atoms with Crippen molar-refractivity contribution in [2.24, 2.45) is 5.41 Å². The smallest absolute Gasteiger partial charge is 0.248 e. The fourth-order valence-electron chi connectivity index (χ4n) is 6.00. The van der Waals surface area contributed by atoms with Gasteiger partial charge in [-0.3, -0.25) is 24.0 Å². The van der Waals surface area contributed by atoms with Crippen LogP contribution in [0.25, 0.3) is 22.2 Å². The maximum absolute atomic E-state index is 13.9. The van der Waals surface area contributed by atoms with Crippen molar-refractivity contribution in [1.29, 1.82) is 0 Å². The first-order chi connectivity index (χ1) is 20.3. The van der Waals surface area contributed by atoms with Gasteiger partial charge in [0.25, 0.3) is 0 Å². The van der Waals surface area contributed by atoms with Crippen molar-refractivity contribution >= 4 is 50.2 Å². The van der Waals surface area contributed by atoms with Crippen molar-refractivity contribution < 1.29 is 24.6 Å². The van der Waals surface area contributed by atoms with Gasteiger partial charge in [-0.2, -0.15) is 5.10 Å². The summed E-state index contributed by atoms with van der Waals surface area (Å²) < 4.78 is 1.96. The third-order valence-corrected chi connectivity index (χ3v) is 8.81. The molecule has 2 amide bonds. The van der Waals surface area contributed by atoms with E-state index in [1.54, 1.807) is 19.1 Å². The van der Waals surface area contributed by atoms with Crippen LogP contribution in [0.2, 0.25) is 0 Å². The van der Waals surface area contributed by atoms with Gasteiger partial charge >= 0.3 is 0 Å². The molecule has 4 aromatic heterocycles. The van der Waals surface area contributed by atoms with Crippen molar-refractivity contribution in [2.75, 3.05) is 5.32 Å². The predicted octanol–water partition coefficient (Wildman–Crippen LogP) is 2.70. The number of likely N-dealkylation sites (tertiary alicyclic amines) is 1. The molecule has 3 atom stereocenters. The molecule has 1 aliphatic carbocycles. The molecule has 0 aromatic carbocycles. The number of aryl methyl sites for hydroxylation is 2. The molecule has 3 N–H and O–H groups in total. The van der Waals surface area contributed by atoms with E-state index in [-0.39, 0.29) is 36.9 Å². The zero-order chi connectivity index (χ0) is 30.8. The van der Waals surface area contributed by atoms with Crippen molar-refractivity contribution in [3.8, 4) is 11.3 Å². The van der Waals surface area contributed by atoms with Crippen LogP contribution in [0.1, 0.15) is 54.3 Å². The molecule has 13 nitrogen and oxygen atoms in total. The molecule has 2 aliphatic rings. The molecule has 222 valence electrons. The minimum absolute atomic E-state index is 0.157. The third kappa shape index (κ3) is 4.79. The van der Waals surface area contributed by atoms with E-state index in [2.05, 4.69) is 46.3 Å². The Kier molecular flexibility index (Phi) is 6.90. The minimum atomic E-state index is -1.47. The summed E-state index contributed by atoms with van der Waals surface area (Å²) >= 11 is 3.32. The number of Topliss-reactive ketones (excluding diaryl/α,β-unsaturated/α-hetero) is 1. The van der Waals surface area contributed by atoms with Gasteiger partial charge in [0.15, 0.2) is 11.6 Å². The highest BCUT2D eigenvalue weighted by molar-refractivity contribution is 9.10. The Balaban J connectivity index is 1.34. The molecule has 5 heterocycles. The van der Waals surface area contributed by atoms with E-state index in [1.807, 2.05) is 19.9 Å². The van der Waals surface area contributed by atoms with Crippen molar-refractivity contribution in [2.45, 2.75) is 65.5 Å². The molecule has 6 rings (SSSR count). The van der Waals surface area contributed by atoms with Gasteiger partial charge in [-0.25, -0.2) is 15.0 Å². The first-order valence-corrected chi connectivity index (χ1v) is 14.4. The lowest BCUT2D eigenvalue weighted by atomic mass is 10.0. The highest BCUT2D eigenvalue weighted by Crippen LogP contribution is 2.66.